The molecule has 0 bridgehead atoms. The molecule has 36 heavy (non-hydrogen) atoms. The highest BCUT2D eigenvalue weighted by Gasteiger charge is 2.29. The largest absolute Gasteiger partial charge is 0.508 e. The molecule has 0 radical (unpaired) electrons. The summed E-state index contributed by atoms with van der Waals surface area (Å²) < 4.78 is 32.6. The minimum atomic E-state index is -1.03. The number of phenols is 1. The monoisotopic (exact) mass is 518 g/mol. The van der Waals surface area contributed by atoms with Crippen LogP contribution in [0.1, 0.15) is 49.0 Å². The van der Waals surface area contributed by atoms with Gasteiger partial charge in [-0.15, -0.1) is 12.4 Å². The first kappa shape index (κ1) is 27.4. The highest BCUT2D eigenvalue weighted by Crippen LogP contribution is 2.39. The Balaban J connectivity index is 0.00000361. The van der Waals surface area contributed by atoms with Crippen molar-refractivity contribution >= 4 is 24.0 Å². The molecule has 0 unspecified atom stereocenters. The van der Waals surface area contributed by atoms with Gasteiger partial charge in [0, 0.05) is 29.6 Å². The molecule has 0 saturated carbocycles. The fourth-order valence-electron chi connectivity index (χ4n) is 4.34. The number of hydrogen-bond acceptors (Lipinski definition) is 5. The van der Waals surface area contributed by atoms with E-state index in [-0.39, 0.29) is 54.8 Å². The molecule has 6 nitrogen and oxygen atoms in total. The summed E-state index contributed by atoms with van der Waals surface area (Å²) in [5.74, 6) is -0.932. The number of nitrogens with one attached hydrogen (secondary N) is 2. The topological polar surface area (TPSA) is 90.8 Å². The summed E-state index contributed by atoms with van der Waals surface area (Å²) in [7, 11) is 0. The molecule has 1 aliphatic heterocycles. The molecule has 0 fully saturated rings. The van der Waals surface area contributed by atoms with Crippen LogP contribution in [0.3, 0.4) is 0 Å². The van der Waals surface area contributed by atoms with E-state index in [1.165, 1.54) is 36.4 Å². The van der Waals surface area contributed by atoms with E-state index >= 15 is 0 Å². The number of fused-ring (bicyclic) bond motifs is 1. The van der Waals surface area contributed by atoms with Crippen molar-refractivity contribution in [1.82, 2.24) is 5.32 Å². The second kappa shape index (κ2) is 11.2. The van der Waals surface area contributed by atoms with Crippen molar-refractivity contribution in [2.45, 2.75) is 37.8 Å². The lowest BCUT2D eigenvalue weighted by molar-refractivity contribution is -0.118. The van der Waals surface area contributed by atoms with Gasteiger partial charge < -0.3 is 25.6 Å². The molecular weight excluding hydrogens is 490 g/mol. The molecule has 1 atom stereocenters. The highest BCUT2D eigenvalue weighted by atomic mass is 35.5. The molecule has 192 valence electrons. The van der Waals surface area contributed by atoms with E-state index in [2.05, 4.69) is 10.6 Å². The summed E-state index contributed by atoms with van der Waals surface area (Å²) in [6.07, 6.45) is -0.456. The third-order valence-corrected chi connectivity index (χ3v) is 6.12. The van der Waals surface area contributed by atoms with Crippen molar-refractivity contribution in [2.24, 2.45) is 0 Å². The molecule has 1 aliphatic rings. The Morgan fingerprint density at radius 1 is 1.03 bits per heavy atom. The molecular formula is C27H29ClF2N2O4. The highest BCUT2D eigenvalue weighted by molar-refractivity contribution is 5.96. The van der Waals surface area contributed by atoms with Crippen molar-refractivity contribution in [3.63, 3.8) is 0 Å². The molecule has 0 aromatic heterocycles. The van der Waals surface area contributed by atoms with Gasteiger partial charge in [-0.1, -0.05) is 24.3 Å². The van der Waals surface area contributed by atoms with Crippen LogP contribution in [0.25, 0.3) is 0 Å². The number of β-amino-alcohol motifs (C(OH)–C–C–N with tert-alkyl or cyclic N) is 1. The van der Waals surface area contributed by atoms with Crippen LogP contribution >= 0.6 is 12.4 Å². The van der Waals surface area contributed by atoms with Crippen molar-refractivity contribution in [3.8, 4) is 11.5 Å². The van der Waals surface area contributed by atoms with Gasteiger partial charge in [0.25, 0.3) is 5.91 Å². The molecule has 4 N–H and O–H groups in total. The van der Waals surface area contributed by atoms with Gasteiger partial charge in [-0.25, -0.2) is 8.78 Å². The average Bonchev–Trinajstić information content (AvgIpc) is 2.81. The zero-order valence-electron chi connectivity index (χ0n) is 19.9. The fraction of sp³-hybridized carbons (Fsp3) is 0.296. The van der Waals surface area contributed by atoms with Crippen LogP contribution in [0.15, 0.2) is 60.7 Å². The minimum absolute atomic E-state index is 0. The number of phenolic OH excluding ortho intramolecular Hbond substituents is 1. The van der Waals surface area contributed by atoms with Gasteiger partial charge in [0.15, 0.2) is 6.61 Å². The van der Waals surface area contributed by atoms with Crippen LogP contribution in [-0.2, 0) is 4.79 Å². The lowest BCUT2D eigenvalue weighted by Gasteiger charge is -2.33. The van der Waals surface area contributed by atoms with Crippen LogP contribution in [0.2, 0.25) is 0 Å². The Morgan fingerprint density at radius 3 is 2.14 bits per heavy atom. The molecule has 3 aromatic carbocycles. The SMILES string of the molecule is CC(C)(CC(c1ccc(F)cc1)c1ccc(F)cc1)NC[C@H](O)c1cc(O)cc2c1OCC(=O)N2.Cl. The number of carbonyl (C=O) groups is 1. The molecule has 3 aromatic rings. The first-order chi connectivity index (χ1) is 16.6. The number of aliphatic hydroxyl groups excluding tert-OH is 1. The van der Waals surface area contributed by atoms with Gasteiger partial charge in [0.05, 0.1) is 11.8 Å². The van der Waals surface area contributed by atoms with Crippen LogP contribution in [0.5, 0.6) is 11.5 Å². The van der Waals surface area contributed by atoms with E-state index in [1.54, 1.807) is 24.3 Å². The normalized spacial score (nSPS) is 13.9. The van der Waals surface area contributed by atoms with Crippen LogP contribution in [0.4, 0.5) is 14.5 Å². The molecule has 0 aliphatic carbocycles. The summed E-state index contributed by atoms with van der Waals surface area (Å²) in [6, 6.07) is 15.3. The summed E-state index contributed by atoms with van der Waals surface area (Å²) in [4.78, 5) is 11.6. The second-order valence-corrected chi connectivity index (χ2v) is 9.39. The number of ether oxygens (including phenoxy) is 1. The zero-order chi connectivity index (χ0) is 25.2. The molecule has 1 amide bonds. The number of halogens is 3. The maximum absolute atomic E-state index is 13.5. The standard InChI is InChI=1S/C27H28F2N2O4.ClH/c1-27(2,13-22(16-3-7-18(28)8-4-16)17-5-9-19(29)10-6-17)30-14-24(33)21-11-20(32)12-23-26(21)35-15-25(34)31-23;/h3-12,22,24,30,32-33H,13-15H2,1-2H3,(H,31,34);1H/t24-;/m0./s1. The van der Waals surface area contributed by atoms with Gasteiger partial charge in [-0.2, -0.15) is 0 Å². The van der Waals surface area contributed by atoms with E-state index in [9.17, 15) is 23.8 Å². The smallest absolute Gasteiger partial charge is 0.262 e. The average molecular weight is 519 g/mol. The Labute approximate surface area is 214 Å². The molecule has 0 saturated heterocycles. The Kier molecular flexibility index (Phi) is 8.55. The number of aromatic hydroxyl groups is 1. The lowest BCUT2D eigenvalue weighted by Crippen LogP contribution is -2.43. The quantitative estimate of drug-likeness (QED) is 0.335. The fourth-order valence-corrected chi connectivity index (χ4v) is 4.34. The van der Waals surface area contributed by atoms with Gasteiger partial charge in [0.1, 0.15) is 23.1 Å². The molecule has 0 spiro atoms. The zero-order valence-corrected chi connectivity index (χ0v) is 20.7. The van der Waals surface area contributed by atoms with E-state index in [1.807, 2.05) is 13.8 Å². The number of hydrogen-bond donors (Lipinski definition) is 4. The second-order valence-electron chi connectivity index (χ2n) is 9.39. The maximum atomic E-state index is 13.5. The van der Waals surface area contributed by atoms with Crippen LogP contribution < -0.4 is 15.4 Å². The number of amides is 1. The predicted octanol–water partition coefficient (Wildman–Crippen LogP) is 5.05. The van der Waals surface area contributed by atoms with Gasteiger partial charge in [-0.05, 0) is 61.7 Å². The van der Waals surface area contributed by atoms with E-state index in [4.69, 9.17) is 4.74 Å². The summed E-state index contributed by atoms with van der Waals surface area (Å²) in [5, 5.41) is 27.0. The van der Waals surface area contributed by atoms with Gasteiger partial charge >= 0.3 is 0 Å². The number of carbonyl (C=O) groups excluding carboxylic acids is 1. The van der Waals surface area contributed by atoms with Crippen molar-refractivity contribution in [2.75, 3.05) is 18.5 Å². The van der Waals surface area contributed by atoms with Crippen molar-refractivity contribution in [3.05, 3.63) is 89.0 Å². The van der Waals surface area contributed by atoms with Gasteiger partial charge in [-0.3, -0.25) is 4.79 Å². The summed E-state index contributed by atoms with van der Waals surface area (Å²) in [5.41, 5.74) is 1.94. The van der Waals surface area contributed by atoms with E-state index in [0.717, 1.165) is 11.1 Å². The minimum Gasteiger partial charge on any atom is -0.508 e. The number of benzene rings is 3. The van der Waals surface area contributed by atoms with Crippen LogP contribution in [-0.4, -0.2) is 34.8 Å². The van der Waals surface area contributed by atoms with Crippen molar-refractivity contribution < 1.29 is 28.5 Å². The van der Waals surface area contributed by atoms with Crippen LogP contribution in [0, 0.1) is 11.6 Å². The molecule has 9 heteroatoms. The number of anilines is 1. The lowest BCUT2D eigenvalue weighted by atomic mass is 9.81. The molecule has 1 heterocycles. The van der Waals surface area contributed by atoms with E-state index in [0.29, 0.717) is 23.4 Å². The van der Waals surface area contributed by atoms with E-state index < -0.39 is 11.6 Å². The first-order valence-electron chi connectivity index (χ1n) is 11.3. The molecule has 4 rings (SSSR count). The Bertz CT molecular complexity index is 1160. The number of aliphatic hydroxyl groups is 1. The Hall–Kier alpha value is -3.20. The third-order valence-electron chi connectivity index (χ3n) is 6.12. The number of rotatable bonds is 8. The van der Waals surface area contributed by atoms with Gasteiger partial charge in [0.2, 0.25) is 0 Å². The Morgan fingerprint density at radius 2 is 1.58 bits per heavy atom. The van der Waals surface area contributed by atoms with Crippen molar-refractivity contribution in [1.29, 1.82) is 0 Å². The summed E-state index contributed by atoms with van der Waals surface area (Å²) >= 11 is 0. The summed E-state index contributed by atoms with van der Waals surface area (Å²) in [6.45, 7) is 3.93. The maximum Gasteiger partial charge on any atom is 0.262 e. The first-order valence-corrected chi connectivity index (χ1v) is 11.3. The third kappa shape index (κ3) is 6.51. The predicted molar refractivity (Wildman–Crippen MR) is 136 cm³/mol.